The second-order valence-corrected chi connectivity index (χ2v) is 5.46. The van der Waals surface area contributed by atoms with Gasteiger partial charge in [0.1, 0.15) is 0 Å². The first-order chi connectivity index (χ1) is 8.99. The van der Waals surface area contributed by atoms with E-state index in [1.807, 2.05) is 14.1 Å². The van der Waals surface area contributed by atoms with Crippen LogP contribution in [0.25, 0.3) is 0 Å². The summed E-state index contributed by atoms with van der Waals surface area (Å²) in [6.45, 7) is 1.68. The standard InChI is InChI=1S/C13H25N3O3/c1-16(2)8-4-3-7-14-13(19)15-11-6-5-10(9-11)12(17)18/h10-11H,3-9H2,1-2H3,(H,17,18)(H2,14,15,19). The Morgan fingerprint density at radius 3 is 2.58 bits per heavy atom. The Balaban J connectivity index is 2.07. The molecule has 0 aliphatic heterocycles. The predicted molar refractivity (Wildman–Crippen MR) is 73.1 cm³/mol. The number of nitrogens with zero attached hydrogens (tertiary/aromatic N) is 1. The maximum atomic E-state index is 11.6. The Kier molecular flexibility index (Phi) is 6.62. The molecule has 6 nitrogen and oxygen atoms in total. The first-order valence-electron chi connectivity index (χ1n) is 6.91. The number of urea groups is 1. The van der Waals surface area contributed by atoms with Crippen LogP contribution in [0.4, 0.5) is 4.79 Å². The molecule has 1 aliphatic carbocycles. The third-order valence-corrected chi connectivity index (χ3v) is 3.43. The summed E-state index contributed by atoms with van der Waals surface area (Å²) in [5.41, 5.74) is 0. The molecule has 0 saturated heterocycles. The zero-order valence-electron chi connectivity index (χ0n) is 11.8. The van der Waals surface area contributed by atoms with E-state index in [-0.39, 0.29) is 18.0 Å². The van der Waals surface area contributed by atoms with Crippen molar-refractivity contribution in [2.75, 3.05) is 27.2 Å². The largest absolute Gasteiger partial charge is 0.481 e. The fourth-order valence-corrected chi connectivity index (χ4v) is 2.33. The number of aliphatic carboxylic acids is 1. The Hall–Kier alpha value is -1.30. The van der Waals surface area contributed by atoms with Crippen molar-refractivity contribution in [2.24, 2.45) is 5.92 Å². The van der Waals surface area contributed by atoms with E-state index >= 15 is 0 Å². The third kappa shape index (κ3) is 6.42. The van der Waals surface area contributed by atoms with Crippen LogP contribution in [0.2, 0.25) is 0 Å². The number of hydrogen-bond acceptors (Lipinski definition) is 3. The minimum absolute atomic E-state index is 0.00266. The second-order valence-electron chi connectivity index (χ2n) is 5.46. The summed E-state index contributed by atoms with van der Waals surface area (Å²) in [7, 11) is 4.05. The van der Waals surface area contributed by atoms with Crippen molar-refractivity contribution in [3.05, 3.63) is 0 Å². The van der Waals surface area contributed by atoms with Gasteiger partial charge in [0.25, 0.3) is 0 Å². The first kappa shape index (κ1) is 15.8. The van der Waals surface area contributed by atoms with E-state index in [0.717, 1.165) is 25.8 Å². The number of unbranched alkanes of at least 4 members (excludes halogenated alkanes) is 1. The van der Waals surface area contributed by atoms with Gasteiger partial charge >= 0.3 is 12.0 Å². The number of carboxylic acid groups (broad SMARTS) is 1. The molecule has 0 spiro atoms. The summed E-state index contributed by atoms with van der Waals surface area (Å²) >= 11 is 0. The van der Waals surface area contributed by atoms with Gasteiger partial charge in [-0.05, 0) is 52.7 Å². The molecule has 1 aliphatic rings. The van der Waals surface area contributed by atoms with Crippen molar-refractivity contribution in [1.29, 1.82) is 0 Å². The molecule has 0 heterocycles. The highest BCUT2D eigenvalue weighted by Crippen LogP contribution is 2.25. The molecule has 3 N–H and O–H groups in total. The van der Waals surface area contributed by atoms with E-state index < -0.39 is 5.97 Å². The molecule has 0 aromatic rings. The predicted octanol–water partition coefficient (Wildman–Crippen LogP) is 0.881. The van der Waals surface area contributed by atoms with Crippen LogP contribution in [-0.2, 0) is 4.79 Å². The van der Waals surface area contributed by atoms with Crippen LogP contribution >= 0.6 is 0 Å². The van der Waals surface area contributed by atoms with E-state index in [1.165, 1.54) is 0 Å². The van der Waals surface area contributed by atoms with E-state index in [9.17, 15) is 9.59 Å². The lowest BCUT2D eigenvalue weighted by atomic mass is 10.1. The third-order valence-electron chi connectivity index (χ3n) is 3.43. The number of hydrogen-bond donors (Lipinski definition) is 3. The molecular formula is C13H25N3O3. The average Bonchev–Trinajstić information content (AvgIpc) is 2.76. The maximum absolute atomic E-state index is 11.6. The van der Waals surface area contributed by atoms with Crippen molar-refractivity contribution in [3.8, 4) is 0 Å². The molecule has 1 fully saturated rings. The van der Waals surface area contributed by atoms with Crippen molar-refractivity contribution in [3.63, 3.8) is 0 Å². The minimum Gasteiger partial charge on any atom is -0.481 e. The molecular weight excluding hydrogens is 246 g/mol. The van der Waals surface area contributed by atoms with Gasteiger partial charge in [-0.25, -0.2) is 4.79 Å². The lowest BCUT2D eigenvalue weighted by Crippen LogP contribution is -2.41. The lowest BCUT2D eigenvalue weighted by Gasteiger charge is -2.14. The van der Waals surface area contributed by atoms with Crippen LogP contribution in [-0.4, -0.2) is 55.2 Å². The number of amides is 2. The molecule has 0 aromatic carbocycles. The first-order valence-corrected chi connectivity index (χ1v) is 6.91. The Labute approximate surface area is 114 Å². The van der Waals surface area contributed by atoms with Crippen LogP contribution in [0.5, 0.6) is 0 Å². The number of carboxylic acids is 1. The number of carbonyl (C=O) groups excluding carboxylic acids is 1. The van der Waals surface area contributed by atoms with Gasteiger partial charge in [-0.15, -0.1) is 0 Å². The number of carbonyl (C=O) groups is 2. The topological polar surface area (TPSA) is 81.7 Å². The minimum atomic E-state index is -0.756. The Morgan fingerprint density at radius 1 is 1.26 bits per heavy atom. The number of nitrogens with one attached hydrogen (secondary N) is 2. The van der Waals surface area contributed by atoms with E-state index in [1.54, 1.807) is 0 Å². The van der Waals surface area contributed by atoms with Crippen molar-refractivity contribution >= 4 is 12.0 Å². The monoisotopic (exact) mass is 271 g/mol. The molecule has 6 heteroatoms. The summed E-state index contributed by atoms with van der Waals surface area (Å²) in [6.07, 6.45) is 3.96. The van der Waals surface area contributed by atoms with Gasteiger partial charge in [0.05, 0.1) is 5.92 Å². The zero-order valence-corrected chi connectivity index (χ0v) is 11.8. The van der Waals surface area contributed by atoms with Gasteiger partial charge in [0.15, 0.2) is 0 Å². The van der Waals surface area contributed by atoms with Gasteiger partial charge in [0.2, 0.25) is 0 Å². The number of rotatable bonds is 7. The summed E-state index contributed by atoms with van der Waals surface area (Å²) in [5, 5.41) is 14.5. The quantitative estimate of drug-likeness (QED) is 0.600. The van der Waals surface area contributed by atoms with E-state index in [4.69, 9.17) is 5.11 Å². The van der Waals surface area contributed by atoms with Gasteiger partial charge in [-0.1, -0.05) is 0 Å². The molecule has 2 amide bonds. The summed E-state index contributed by atoms with van der Waals surface area (Å²) in [4.78, 5) is 24.5. The van der Waals surface area contributed by atoms with Crippen LogP contribution in [0.3, 0.4) is 0 Å². The molecule has 0 aromatic heterocycles. The maximum Gasteiger partial charge on any atom is 0.315 e. The summed E-state index contributed by atoms with van der Waals surface area (Å²) < 4.78 is 0. The van der Waals surface area contributed by atoms with Crippen molar-refractivity contribution in [1.82, 2.24) is 15.5 Å². The molecule has 0 bridgehead atoms. The lowest BCUT2D eigenvalue weighted by molar-refractivity contribution is -0.141. The molecule has 2 unspecified atom stereocenters. The molecule has 0 radical (unpaired) electrons. The Morgan fingerprint density at radius 2 is 2.00 bits per heavy atom. The van der Waals surface area contributed by atoms with Crippen LogP contribution < -0.4 is 10.6 Å². The zero-order chi connectivity index (χ0) is 14.3. The summed E-state index contributed by atoms with van der Waals surface area (Å²) in [6, 6.07) is -0.177. The Bertz CT molecular complexity index is 308. The molecule has 110 valence electrons. The second kappa shape index (κ2) is 7.99. The molecule has 19 heavy (non-hydrogen) atoms. The van der Waals surface area contributed by atoms with Gasteiger partial charge in [-0.2, -0.15) is 0 Å². The van der Waals surface area contributed by atoms with Crippen LogP contribution in [0.1, 0.15) is 32.1 Å². The van der Waals surface area contributed by atoms with E-state index in [0.29, 0.717) is 19.4 Å². The fraction of sp³-hybridized carbons (Fsp3) is 0.846. The van der Waals surface area contributed by atoms with Crippen LogP contribution in [0.15, 0.2) is 0 Å². The SMILES string of the molecule is CN(C)CCCCNC(=O)NC1CCC(C(=O)O)C1. The fourth-order valence-electron chi connectivity index (χ4n) is 2.33. The highest BCUT2D eigenvalue weighted by Gasteiger charge is 2.30. The van der Waals surface area contributed by atoms with Gasteiger partial charge < -0.3 is 20.6 Å². The molecule has 2 atom stereocenters. The highest BCUT2D eigenvalue weighted by atomic mass is 16.4. The normalized spacial score (nSPS) is 22.5. The van der Waals surface area contributed by atoms with Crippen molar-refractivity contribution in [2.45, 2.75) is 38.1 Å². The smallest absolute Gasteiger partial charge is 0.315 e. The molecule has 1 rings (SSSR count). The van der Waals surface area contributed by atoms with Gasteiger partial charge in [0, 0.05) is 12.6 Å². The molecule has 1 saturated carbocycles. The van der Waals surface area contributed by atoms with Gasteiger partial charge in [-0.3, -0.25) is 4.79 Å². The van der Waals surface area contributed by atoms with Crippen molar-refractivity contribution < 1.29 is 14.7 Å². The highest BCUT2D eigenvalue weighted by molar-refractivity contribution is 5.75. The summed E-state index contributed by atoms with van der Waals surface area (Å²) in [5.74, 6) is -1.06. The van der Waals surface area contributed by atoms with E-state index in [2.05, 4.69) is 15.5 Å². The van der Waals surface area contributed by atoms with Crippen LogP contribution in [0, 0.1) is 5.92 Å². The average molecular weight is 271 g/mol.